The molecule has 2 saturated heterocycles. The van der Waals surface area contributed by atoms with Crippen LogP contribution < -0.4 is 15.4 Å². The average Bonchev–Trinajstić information content (AvgIpc) is 3.31. The molecule has 2 atom stereocenters. The molecular formula is C20H32IN3O3S. The Kier molecular flexibility index (Phi) is 9.65. The van der Waals surface area contributed by atoms with E-state index in [4.69, 9.17) is 14.5 Å². The van der Waals surface area contributed by atoms with Crippen molar-refractivity contribution in [1.29, 1.82) is 0 Å². The summed E-state index contributed by atoms with van der Waals surface area (Å²) in [6, 6.07) is 6.23. The monoisotopic (exact) mass is 521 g/mol. The number of hydrogen-bond acceptors (Lipinski definition) is 5. The minimum absolute atomic E-state index is 0. The maximum Gasteiger partial charge on any atom is 0.191 e. The van der Waals surface area contributed by atoms with Gasteiger partial charge in [0.25, 0.3) is 0 Å². The van der Waals surface area contributed by atoms with E-state index in [2.05, 4.69) is 35.8 Å². The number of aryl methyl sites for hydroxylation is 1. The van der Waals surface area contributed by atoms with Crippen LogP contribution in [0.25, 0.3) is 0 Å². The lowest BCUT2D eigenvalue weighted by atomic mass is 10.0. The van der Waals surface area contributed by atoms with Crippen LogP contribution in [0.4, 0.5) is 0 Å². The second kappa shape index (κ2) is 11.5. The molecule has 1 aromatic carbocycles. The van der Waals surface area contributed by atoms with Crippen molar-refractivity contribution in [3.63, 3.8) is 0 Å². The zero-order valence-electron chi connectivity index (χ0n) is 16.7. The van der Waals surface area contributed by atoms with Crippen LogP contribution in [-0.2, 0) is 11.3 Å². The van der Waals surface area contributed by atoms with Gasteiger partial charge < -0.3 is 25.2 Å². The van der Waals surface area contributed by atoms with Crippen LogP contribution in [0.3, 0.4) is 0 Å². The molecule has 3 rings (SSSR count). The zero-order valence-corrected chi connectivity index (χ0v) is 19.8. The fourth-order valence-electron chi connectivity index (χ4n) is 3.18. The summed E-state index contributed by atoms with van der Waals surface area (Å²) in [6.07, 6.45) is 1.87. The highest BCUT2D eigenvalue weighted by Crippen LogP contribution is 2.27. The second-order valence-electron chi connectivity index (χ2n) is 7.29. The van der Waals surface area contributed by atoms with Crippen molar-refractivity contribution in [2.45, 2.75) is 44.9 Å². The molecule has 0 aromatic heterocycles. The third kappa shape index (κ3) is 6.96. The van der Waals surface area contributed by atoms with E-state index in [0.717, 1.165) is 54.8 Å². The molecular weight excluding hydrogens is 489 g/mol. The number of nitrogens with zero attached hydrogens (tertiary/aromatic N) is 1. The highest BCUT2D eigenvalue weighted by Gasteiger charge is 2.31. The standard InChI is InChI=1S/C20H31N3O3S.HI/c1-3-21-19(23-13-20(24)7-9-27-14-20)22-11-16-5-4-15(2)10-18(16)26-17-6-8-25-12-17;/h4-5,10,17,24H,3,6-9,11-14H2,1-2H3,(H2,21,22,23);1H. The van der Waals surface area contributed by atoms with Crippen molar-refractivity contribution in [3.8, 4) is 5.75 Å². The van der Waals surface area contributed by atoms with Gasteiger partial charge >= 0.3 is 0 Å². The van der Waals surface area contributed by atoms with Crippen LogP contribution in [0.5, 0.6) is 5.75 Å². The van der Waals surface area contributed by atoms with Crippen LogP contribution in [0.15, 0.2) is 23.2 Å². The molecule has 28 heavy (non-hydrogen) atoms. The second-order valence-corrected chi connectivity index (χ2v) is 8.40. The molecule has 158 valence electrons. The first kappa shape index (κ1) is 23.6. The van der Waals surface area contributed by atoms with Crippen LogP contribution in [0, 0.1) is 6.92 Å². The molecule has 0 spiro atoms. The van der Waals surface area contributed by atoms with E-state index in [9.17, 15) is 5.11 Å². The lowest BCUT2D eigenvalue weighted by Crippen LogP contribution is -2.47. The topological polar surface area (TPSA) is 75.1 Å². The highest BCUT2D eigenvalue weighted by atomic mass is 127. The first-order valence-electron chi connectivity index (χ1n) is 9.74. The van der Waals surface area contributed by atoms with Gasteiger partial charge in [-0.1, -0.05) is 12.1 Å². The molecule has 2 aliphatic rings. The van der Waals surface area contributed by atoms with Crippen molar-refractivity contribution in [1.82, 2.24) is 10.6 Å². The van der Waals surface area contributed by atoms with E-state index in [1.807, 2.05) is 6.92 Å². The number of thioether (sulfide) groups is 1. The number of nitrogens with one attached hydrogen (secondary N) is 2. The van der Waals surface area contributed by atoms with Crippen molar-refractivity contribution in [2.75, 3.05) is 37.8 Å². The van der Waals surface area contributed by atoms with Gasteiger partial charge in [0, 0.05) is 30.8 Å². The number of guanidine groups is 1. The quantitative estimate of drug-likeness (QED) is 0.291. The number of benzene rings is 1. The molecule has 2 unspecified atom stereocenters. The molecule has 8 heteroatoms. The molecule has 0 radical (unpaired) electrons. The first-order valence-corrected chi connectivity index (χ1v) is 10.9. The number of aliphatic hydroxyl groups is 1. The predicted octanol–water partition coefficient (Wildman–Crippen LogP) is 2.70. The van der Waals surface area contributed by atoms with Gasteiger partial charge in [0.1, 0.15) is 11.9 Å². The van der Waals surface area contributed by atoms with Crippen molar-refractivity contribution < 1.29 is 14.6 Å². The summed E-state index contributed by atoms with van der Waals surface area (Å²) in [7, 11) is 0. The molecule has 6 nitrogen and oxygen atoms in total. The Balaban J connectivity index is 0.00000280. The SMILES string of the molecule is CCNC(=NCc1ccc(C)cc1OC1CCOC1)NCC1(O)CCSC1.I. The summed E-state index contributed by atoms with van der Waals surface area (Å²) in [5.41, 5.74) is 1.59. The Bertz CT molecular complexity index is 648. The van der Waals surface area contributed by atoms with E-state index in [-0.39, 0.29) is 30.1 Å². The minimum atomic E-state index is -0.637. The van der Waals surface area contributed by atoms with Gasteiger partial charge in [-0.2, -0.15) is 11.8 Å². The molecule has 1 aromatic rings. The maximum absolute atomic E-state index is 10.5. The molecule has 0 aliphatic carbocycles. The van der Waals surface area contributed by atoms with E-state index in [1.165, 1.54) is 5.56 Å². The molecule has 0 bridgehead atoms. The molecule has 2 fully saturated rings. The van der Waals surface area contributed by atoms with Gasteiger partial charge in [-0.05, 0) is 37.7 Å². The average molecular weight is 521 g/mol. The van der Waals surface area contributed by atoms with Crippen molar-refractivity contribution in [2.24, 2.45) is 4.99 Å². The number of ether oxygens (including phenoxy) is 2. The number of aliphatic imine (C=N–C) groups is 1. The molecule has 0 saturated carbocycles. The van der Waals surface area contributed by atoms with Crippen LogP contribution in [0.2, 0.25) is 0 Å². The van der Waals surface area contributed by atoms with Crippen LogP contribution in [0.1, 0.15) is 30.9 Å². The number of hydrogen-bond donors (Lipinski definition) is 3. The maximum atomic E-state index is 10.5. The summed E-state index contributed by atoms with van der Waals surface area (Å²) in [4.78, 5) is 4.71. The summed E-state index contributed by atoms with van der Waals surface area (Å²) in [5.74, 6) is 3.40. The Morgan fingerprint density at radius 3 is 2.96 bits per heavy atom. The van der Waals surface area contributed by atoms with Gasteiger partial charge in [0.05, 0.1) is 25.4 Å². The summed E-state index contributed by atoms with van der Waals surface area (Å²) < 4.78 is 11.6. The first-order chi connectivity index (χ1) is 13.1. The van der Waals surface area contributed by atoms with Gasteiger partial charge in [-0.25, -0.2) is 4.99 Å². The smallest absolute Gasteiger partial charge is 0.191 e. The van der Waals surface area contributed by atoms with Gasteiger partial charge in [0.15, 0.2) is 5.96 Å². The third-order valence-electron chi connectivity index (χ3n) is 4.82. The van der Waals surface area contributed by atoms with Gasteiger partial charge in [0.2, 0.25) is 0 Å². The minimum Gasteiger partial charge on any atom is -0.488 e. The molecule has 2 heterocycles. The fraction of sp³-hybridized carbons (Fsp3) is 0.650. The highest BCUT2D eigenvalue weighted by molar-refractivity contribution is 14.0. The van der Waals surface area contributed by atoms with Gasteiger partial charge in [-0.15, -0.1) is 24.0 Å². The Morgan fingerprint density at radius 1 is 1.43 bits per heavy atom. The molecule has 0 amide bonds. The largest absolute Gasteiger partial charge is 0.488 e. The molecule has 2 aliphatic heterocycles. The van der Waals surface area contributed by atoms with Crippen LogP contribution in [-0.4, -0.2) is 60.6 Å². The Hall–Kier alpha value is -0.710. The van der Waals surface area contributed by atoms with Crippen molar-refractivity contribution in [3.05, 3.63) is 29.3 Å². The Labute approximate surface area is 189 Å². The van der Waals surface area contributed by atoms with E-state index >= 15 is 0 Å². The number of rotatable bonds is 7. The zero-order chi connectivity index (χ0) is 19.1. The molecule has 3 N–H and O–H groups in total. The van der Waals surface area contributed by atoms with E-state index < -0.39 is 5.60 Å². The van der Waals surface area contributed by atoms with Crippen molar-refractivity contribution >= 4 is 41.7 Å². The summed E-state index contributed by atoms with van der Waals surface area (Å²) >= 11 is 1.80. The fourth-order valence-corrected chi connectivity index (χ4v) is 4.47. The van der Waals surface area contributed by atoms with Gasteiger partial charge in [-0.3, -0.25) is 0 Å². The summed E-state index contributed by atoms with van der Waals surface area (Å²) in [5, 5.41) is 17.1. The lowest BCUT2D eigenvalue weighted by molar-refractivity contribution is 0.0724. The van der Waals surface area contributed by atoms with E-state index in [1.54, 1.807) is 11.8 Å². The van der Waals surface area contributed by atoms with Crippen LogP contribution >= 0.6 is 35.7 Å². The summed E-state index contributed by atoms with van der Waals surface area (Å²) in [6.45, 7) is 7.33. The third-order valence-corrected chi connectivity index (χ3v) is 6.06. The predicted molar refractivity (Wildman–Crippen MR) is 126 cm³/mol. The van der Waals surface area contributed by atoms with E-state index in [0.29, 0.717) is 19.7 Å². The lowest BCUT2D eigenvalue weighted by Gasteiger charge is -2.23. The Morgan fingerprint density at radius 2 is 2.29 bits per heavy atom. The normalized spacial score (nSPS) is 24.7. The number of halogens is 1.